The zero-order valence-electron chi connectivity index (χ0n) is 8.14. The van der Waals surface area contributed by atoms with Crippen molar-refractivity contribution in [2.24, 2.45) is 11.3 Å². The molecule has 2 fully saturated rings. The molecule has 0 amide bonds. The van der Waals surface area contributed by atoms with Crippen LogP contribution in [0.4, 0.5) is 0 Å². The third-order valence-corrected chi connectivity index (χ3v) is 3.33. The number of hydrogen-bond acceptors (Lipinski definition) is 3. The van der Waals surface area contributed by atoms with Gasteiger partial charge in [0, 0.05) is 0 Å². The maximum atomic E-state index is 11.7. The Morgan fingerprint density at radius 3 is 3.23 bits per heavy atom. The SMILES string of the molecule is CCOC(=O)C12CCNCCC1C2. The third-order valence-electron chi connectivity index (χ3n) is 3.33. The smallest absolute Gasteiger partial charge is 0.312 e. The van der Waals surface area contributed by atoms with Gasteiger partial charge in [0.2, 0.25) is 0 Å². The average molecular weight is 183 g/mol. The summed E-state index contributed by atoms with van der Waals surface area (Å²) in [6.07, 6.45) is 3.17. The largest absolute Gasteiger partial charge is 0.466 e. The Kier molecular flexibility index (Phi) is 2.28. The molecule has 0 radical (unpaired) electrons. The minimum Gasteiger partial charge on any atom is -0.466 e. The Morgan fingerprint density at radius 1 is 1.62 bits per heavy atom. The Bertz CT molecular complexity index is 217. The molecule has 3 heteroatoms. The lowest BCUT2D eigenvalue weighted by molar-refractivity contribution is -0.150. The molecule has 0 aromatic rings. The van der Waals surface area contributed by atoms with Crippen LogP contribution in [0.5, 0.6) is 0 Å². The fraction of sp³-hybridized carbons (Fsp3) is 0.900. The molecule has 2 unspecified atom stereocenters. The van der Waals surface area contributed by atoms with Gasteiger partial charge in [-0.1, -0.05) is 0 Å². The van der Waals surface area contributed by atoms with Crippen molar-refractivity contribution in [1.29, 1.82) is 0 Å². The van der Waals surface area contributed by atoms with Crippen LogP contribution >= 0.6 is 0 Å². The van der Waals surface area contributed by atoms with Crippen molar-refractivity contribution >= 4 is 5.97 Å². The maximum absolute atomic E-state index is 11.7. The van der Waals surface area contributed by atoms with Gasteiger partial charge < -0.3 is 10.1 Å². The van der Waals surface area contributed by atoms with Gasteiger partial charge in [0.05, 0.1) is 12.0 Å². The first-order valence-electron chi connectivity index (χ1n) is 5.17. The maximum Gasteiger partial charge on any atom is 0.312 e. The zero-order chi connectivity index (χ0) is 9.31. The second-order valence-corrected chi connectivity index (χ2v) is 4.07. The molecule has 13 heavy (non-hydrogen) atoms. The van der Waals surface area contributed by atoms with Gasteiger partial charge in [0.25, 0.3) is 0 Å². The van der Waals surface area contributed by atoms with Crippen molar-refractivity contribution in [3.05, 3.63) is 0 Å². The first kappa shape index (κ1) is 9.00. The van der Waals surface area contributed by atoms with Crippen molar-refractivity contribution in [3.63, 3.8) is 0 Å². The molecule has 1 saturated carbocycles. The molecule has 1 aliphatic carbocycles. The monoisotopic (exact) mass is 183 g/mol. The Labute approximate surface area is 78.8 Å². The van der Waals surface area contributed by atoms with E-state index in [0.717, 1.165) is 32.4 Å². The summed E-state index contributed by atoms with van der Waals surface area (Å²) in [5.41, 5.74) is -0.0838. The minimum atomic E-state index is -0.0838. The summed E-state index contributed by atoms with van der Waals surface area (Å²) >= 11 is 0. The van der Waals surface area contributed by atoms with E-state index in [1.54, 1.807) is 0 Å². The molecule has 1 aliphatic heterocycles. The van der Waals surface area contributed by atoms with Gasteiger partial charge in [-0.15, -0.1) is 0 Å². The Hall–Kier alpha value is -0.570. The van der Waals surface area contributed by atoms with Gasteiger partial charge in [-0.3, -0.25) is 4.79 Å². The van der Waals surface area contributed by atoms with E-state index >= 15 is 0 Å². The van der Waals surface area contributed by atoms with E-state index in [4.69, 9.17) is 4.74 Å². The van der Waals surface area contributed by atoms with Crippen LogP contribution in [0.2, 0.25) is 0 Å². The summed E-state index contributed by atoms with van der Waals surface area (Å²) in [4.78, 5) is 11.7. The normalized spacial score (nSPS) is 37.5. The van der Waals surface area contributed by atoms with Gasteiger partial charge in [-0.25, -0.2) is 0 Å². The molecule has 0 aromatic heterocycles. The lowest BCUT2D eigenvalue weighted by Crippen LogP contribution is -2.23. The quantitative estimate of drug-likeness (QED) is 0.647. The predicted molar refractivity (Wildman–Crippen MR) is 49.3 cm³/mol. The Balaban J connectivity index is 2.00. The molecular formula is C10H17NO2. The molecule has 1 saturated heterocycles. The average Bonchev–Trinajstić information content (AvgIpc) is 2.77. The van der Waals surface area contributed by atoms with E-state index in [2.05, 4.69) is 5.32 Å². The number of nitrogens with one attached hydrogen (secondary N) is 1. The number of hydrogen-bond donors (Lipinski definition) is 1. The molecule has 2 atom stereocenters. The predicted octanol–water partition coefficient (Wildman–Crippen LogP) is 0.939. The lowest BCUT2D eigenvalue weighted by Gasteiger charge is -2.13. The first-order chi connectivity index (χ1) is 6.29. The molecular weight excluding hydrogens is 166 g/mol. The molecule has 1 N–H and O–H groups in total. The van der Waals surface area contributed by atoms with Crippen LogP contribution in [0.3, 0.4) is 0 Å². The number of carbonyl (C=O) groups excluding carboxylic acids is 1. The summed E-state index contributed by atoms with van der Waals surface area (Å²) in [5.74, 6) is 0.644. The van der Waals surface area contributed by atoms with E-state index < -0.39 is 0 Å². The van der Waals surface area contributed by atoms with E-state index in [1.807, 2.05) is 6.92 Å². The molecule has 1 heterocycles. The number of carbonyl (C=O) groups is 1. The minimum absolute atomic E-state index is 0.0451. The highest BCUT2D eigenvalue weighted by Crippen LogP contribution is 2.58. The van der Waals surface area contributed by atoms with Gasteiger partial charge in [-0.05, 0) is 45.2 Å². The van der Waals surface area contributed by atoms with Crippen LogP contribution < -0.4 is 5.32 Å². The topological polar surface area (TPSA) is 38.3 Å². The Morgan fingerprint density at radius 2 is 2.46 bits per heavy atom. The number of rotatable bonds is 2. The highest BCUT2D eigenvalue weighted by atomic mass is 16.5. The van der Waals surface area contributed by atoms with Crippen LogP contribution in [-0.2, 0) is 9.53 Å². The zero-order valence-corrected chi connectivity index (χ0v) is 8.14. The standard InChI is InChI=1S/C10H17NO2/c1-2-13-9(12)10-4-6-11-5-3-8(10)7-10/h8,11H,2-7H2,1H3. The van der Waals surface area contributed by atoms with Crippen LogP contribution in [-0.4, -0.2) is 25.7 Å². The van der Waals surface area contributed by atoms with Crippen molar-refractivity contribution in [2.45, 2.75) is 26.2 Å². The molecule has 74 valence electrons. The highest BCUT2D eigenvalue weighted by Gasteiger charge is 2.60. The molecule has 2 aliphatic rings. The van der Waals surface area contributed by atoms with Crippen LogP contribution in [0, 0.1) is 11.3 Å². The van der Waals surface area contributed by atoms with E-state index in [0.29, 0.717) is 12.5 Å². The van der Waals surface area contributed by atoms with Crippen molar-refractivity contribution in [1.82, 2.24) is 5.32 Å². The van der Waals surface area contributed by atoms with Crippen molar-refractivity contribution < 1.29 is 9.53 Å². The summed E-state index contributed by atoms with van der Waals surface area (Å²) < 4.78 is 5.11. The molecule has 0 bridgehead atoms. The van der Waals surface area contributed by atoms with Gasteiger partial charge in [0.1, 0.15) is 0 Å². The van der Waals surface area contributed by atoms with Gasteiger partial charge in [0.15, 0.2) is 0 Å². The fourth-order valence-electron chi connectivity index (χ4n) is 2.40. The second-order valence-electron chi connectivity index (χ2n) is 4.07. The summed E-state index contributed by atoms with van der Waals surface area (Å²) in [7, 11) is 0. The van der Waals surface area contributed by atoms with Gasteiger partial charge in [-0.2, -0.15) is 0 Å². The van der Waals surface area contributed by atoms with E-state index in [9.17, 15) is 4.79 Å². The first-order valence-corrected chi connectivity index (χ1v) is 5.17. The van der Waals surface area contributed by atoms with Crippen molar-refractivity contribution in [2.75, 3.05) is 19.7 Å². The number of fused-ring (bicyclic) bond motifs is 1. The van der Waals surface area contributed by atoms with Crippen LogP contribution in [0.25, 0.3) is 0 Å². The van der Waals surface area contributed by atoms with Crippen LogP contribution in [0.1, 0.15) is 26.2 Å². The highest BCUT2D eigenvalue weighted by molar-refractivity contribution is 5.80. The van der Waals surface area contributed by atoms with Gasteiger partial charge >= 0.3 is 5.97 Å². The van der Waals surface area contributed by atoms with Crippen LogP contribution in [0.15, 0.2) is 0 Å². The molecule has 2 rings (SSSR count). The number of ether oxygens (including phenoxy) is 1. The summed E-state index contributed by atoms with van der Waals surface area (Å²) in [6.45, 7) is 4.42. The van der Waals surface area contributed by atoms with E-state index in [-0.39, 0.29) is 11.4 Å². The third kappa shape index (κ3) is 1.46. The lowest BCUT2D eigenvalue weighted by atomic mass is 9.99. The fourth-order valence-corrected chi connectivity index (χ4v) is 2.40. The summed E-state index contributed by atoms with van der Waals surface area (Å²) in [5, 5.41) is 3.32. The second kappa shape index (κ2) is 3.29. The molecule has 3 nitrogen and oxygen atoms in total. The summed E-state index contributed by atoms with van der Waals surface area (Å²) in [6, 6.07) is 0. The molecule has 0 aromatic carbocycles. The molecule has 0 spiro atoms. The van der Waals surface area contributed by atoms with E-state index in [1.165, 1.54) is 0 Å². The number of esters is 1. The van der Waals surface area contributed by atoms with Crippen molar-refractivity contribution in [3.8, 4) is 0 Å².